The van der Waals surface area contributed by atoms with Crippen molar-refractivity contribution in [3.8, 4) is 0 Å². The van der Waals surface area contributed by atoms with E-state index in [1.165, 1.54) is 23.8 Å². The van der Waals surface area contributed by atoms with Gasteiger partial charge in [-0.15, -0.1) is 0 Å². The molecule has 2 heterocycles. The Balaban J connectivity index is 1.94. The molecule has 0 aromatic carbocycles. The fraction of sp³-hybridized carbons (Fsp3) is 0.500. The summed E-state index contributed by atoms with van der Waals surface area (Å²) in [5, 5.41) is 14.5. The minimum Gasteiger partial charge on any atom is -0.368 e. The summed E-state index contributed by atoms with van der Waals surface area (Å²) in [6.45, 7) is 0.780. The number of rotatable bonds is 4. The summed E-state index contributed by atoms with van der Waals surface area (Å²) >= 11 is 9.83. The van der Waals surface area contributed by atoms with Crippen LogP contribution in [0.2, 0.25) is 5.02 Å². The summed E-state index contributed by atoms with van der Waals surface area (Å²) in [7, 11) is 0. The van der Waals surface area contributed by atoms with Crippen LogP contribution >= 0.6 is 35.1 Å². The van der Waals surface area contributed by atoms with Crippen molar-refractivity contribution in [3.05, 3.63) is 27.4 Å². The second-order valence-electron chi connectivity index (χ2n) is 3.73. The lowest BCUT2D eigenvalue weighted by atomic mass is 10.4. The highest BCUT2D eigenvalue weighted by Crippen LogP contribution is 2.27. The normalized spacial score (nSPS) is 19.5. The molecule has 1 saturated heterocycles. The molecule has 2 rings (SSSR count). The Hall–Kier alpha value is -0.660. The molecule has 1 aromatic rings. The fourth-order valence-corrected chi connectivity index (χ4v) is 4.36. The summed E-state index contributed by atoms with van der Waals surface area (Å²) < 4.78 is 0. The van der Waals surface area contributed by atoms with Gasteiger partial charge in [0.1, 0.15) is 12.0 Å². The van der Waals surface area contributed by atoms with Crippen LogP contribution in [0, 0.1) is 10.1 Å². The van der Waals surface area contributed by atoms with Crippen LogP contribution in [0.15, 0.2) is 12.3 Å². The standard InChI is InChI=1S/C10H12ClN3O2S2/c11-9-3-7(14(15)16)4-12-10(9)13-5-8-6-17-1-2-18-8/h3-4,8H,1-2,5-6H2,(H,12,13). The van der Waals surface area contributed by atoms with E-state index < -0.39 is 4.92 Å². The first-order chi connectivity index (χ1) is 8.66. The molecule has 1 fully saturated rings. The number of thioether (sulfide) groups is 2. The van der Waals surface area contributed by atoms with Gasteiger partial charge in [-0.05, 0) is 0 Å². The molecule has 0 aliphatic carbocycles. The van der Waals surface area contributed by atoms with Crippen molar-refractivity contribution in [1.82, 2.24) is 4.98 Å². The predicted octanol–water partition coefficient (Wildman–Crippen LogP) is 2.90. The second kappa shape index (κ2) is 6.49. The molecule has 0 bridgehead atoms. The number of hydrogen-bond donors (Lipinski definition) is 1. The van der Waals surface area contributed by atoms with E-state index in [1.807, 2.05) is 23.5 Å². The smallest absolute Gasteiger partial charge is 0.289 e. The maximum absolute atomic E-state index is 10.6. The minimum atomic E-state index is -0.504. The van der Waals surface area contributed by atoms with Gasteiger partial charge in [0.15, 0.2) is 0 Å². The van der Waals surface area contributed by atoms with Crippen molar-refractivity contribution in [1.29, 1.82) is 0 Å². The Kier molecular flexibility index (Phi) is 4.96. The number of pyridine rings is 1. The molecule has 1 unspecified atom stereocenters. The van der Waals surface area contributed by atoms with Crippen LogP contribution in [0.3, 0.4) is 0 Å². The van der Waals surface area contributed by atoms with Crippen LogP contribution in [0.25, 0.3) is 0 Å². The number of hydrogen-bond acceptors (Lipinski definition) is 6. The van der Waals surface area contributed by atoms with Gasteiger partial charge in [-0.2, -0.15) is 23.5 Å². The quantitative estimate of drug-likeness (QED) is 0.681. The maximum atomic E-state index is 10.6. The lowest BCUT2D eigenvalue weighted by Crippen LogP contribution is -2.23. The molecule has 0 amide bonds. The van der Waals surface area contributed by atoms with Crippen molar-refractivity contribution in [2.75, 3.05) is 29.1 Å². The molecule has 0 saturated carbocycles. The van der Waals surface area contributed by atoms with Crippen molar-refractivity contribution in [3.63, 3.8) is 0 Å². The maximum Gasteiger partial charge on any atom is 0.289 e. The number of nitrogens with zero attached hydrogens (tertiary/aromatic N) is 2. The van der Waals surface area contributed by atoms with E-state index in [2.05, 4.69) is 10.3 Å². The van der Waals surface area contributed by atoms with Gasteiger partial charge >= 0.3 is 0 Å². The van der Waals surface area contributed by atoms with Gasteiger partial charge in [0.05, 0.1) is 9.95 Å². The zero-order valence-electron chi connectivity index (χ0n) is 9.47. The fourth-order valence-electron chi connectivity index (χ4n) is 1.52. The SMILES string of the molecule is O=[N+]([O-])c1cnc(NCC2CSCCS2)c(Cl)c1. The van der Waals surface area contributed by atoms with E-state index in [9.17, 15) is 10.1 Å². The van der Waals surface area contributed by atoms with E-state index >= 15 is 0 Å². The molecule has 8 heteroatoms. The summed E-state index contributed by atoms with van der Waals surface area (Å²) in [5.74, 6) is 4.00. The first-order valence-electron chi connectivity index (χ1n) is 5.40. The van der Waals surface area contributed by atoms with Gasteiger partial charge in [0.2, 0.25) is 0 Å². The van der Waals surface area contributed by atoms with Crippen molar-refractivity contribution in [2.45, 2.75) is 5.25 Å². The van der Waals surface area contributed by atoms with Gasteiger partial charge in [0.25, 0.3) is 5.69 Å². The second-order valence-corrected chi connectivity index (χ2v) is 6.69. The lowest BCUT2D eigenvalue weighted by Gasteiger charge is -2.21. The third-order valence-corrected chi connectivity index (χ3v) is 5.55. The number of halogens is 1. The Morgan fingerprint density at radius 3 is 3.06 bits per heavy atom. The average molecular weight is 306 g/mol. The van der Waals surface area contributed by atoms with Crippen LogP contribution in [0.1, 0.15) is 0 Å². The topological polar surface area (TPSA) is 68.1 Å². The highest BCUT2D eigenvalue weighted by atomic mass is 35.5. The molecule has 5 nitrogen and oxygen atoms in total. The number of nitro groups is 1. The molecule has 1 aliphatic heterocycles. The Bertz CT molecular complexity index is 441. The molecule has 1 aliphatic rings. The number of nitrogens with one attached hydrogen (secondary N) is 1. The molecule has 1 atom stereocenters. The Labute approximate surface area is 118 Å². The van der Waals surface area contributed by atoms with E-state index in [4.69, 9.17) is 11.6 Å². The molecule has 0 spiro atoms. The van der Waals surface area contributed by atoms with Crippen LogP contribution < -0.4 is 5.32 Å². The van der Waals surface area contributed by atoms with Gasteiger partial charge in [-0.3, -0.25) is 10.1 Å². The third kappa shape index (κ3) is 3.66. The highest BCUT2D eigenvalue weighted by Gasteiger charge is 2.16. The largest absolute Gasteiger partial charge is 0.368 e. The third-order valence-electron chi connectivity index (χ3n) is 2.42. The van der Waals surface area contributed by atoms with Crippen molar-refractivity contribution >= 4 is 46.6 Å². The predicted molar refractivity (Wildman–Crippen MR) is 78.0 cm³/mol. The zero-order chi connectivity index (χ0) is 13.0. The average Bonchev–Trinajstić information content (AvgIpc) is 2.38. The molecule has 0 radical (unpaired) electrons. The first-order valence-corrected chi connectivity index (χ1v) is 7.98. The molecule has 18 heavy (non-hydrogen) atoms. The first kappa shape index (κ1) is 13.8. The lowest BCUT2D eigenvalue weighted by molar-refractivity contribution is -0.385. The monoisotopic (exact) mass is 305 g/mol. The zero-order valence-corrected chi connectivity index (χ0v) is 11.9. The molecular formula is C10H12ClN3O2S2. The number of anilines is 1. The summed E-state index contributed by atoms with van der Waals surface area (Å²) in [6.07, 6.45) is 1.22. The highest BCUT2D eigenvalue weighted by molar-refractivity contribution is 8.06. The molecular weight excluding hydrogens is 294 g/mol. The van der Waals surface area contributed by atoms with E-state index in [-0.39, 0.29) is 10.7 Å². The van der Waals surface area contributed by atoms with E-state index in [1.54, 1.807) is 0 Å². The van der Waals surface area contributed by atoms with Crippen LogP contribution in [0.4, 0.5) is 11.5 Å². The van der Waals surface area contributed by atoms with Gasteiger partial charge in [-0.1, -0.05) is 11.6 Å². The van der Waals surface area contributed by atoms with Gasteiger partial charge < -0.3 is 5.32 Å². The number of aromatic nitrogens is 1. The van der Waals surface area contributed by atoms with Crippen molar-refractivity contribution in [2.24, 2.45) is 0 Å². The van der Waals surface area contributed by atoms with E-state index in [0.29, 0.717) is 11.1 Å². The van der Waals surface area contributed by atoms with Gasteiger partial charge in [0, 0.05) is 35.1 Å². The van der Waals surface area contributed by atoms with Crippen LogP contribution in [-0.4, -0.2) is 39.0 Å². The minimum absolute atomic E-state index is 0.0897. The summed E-state index contributed by atoms with van der Waals surface area (Å²) in [6, 6.07) is 1.32. The molecule has 1 aromatic heterocycles. The van der Waals surface area contributed by atoms with Crippen molar-refractivity contribution < 1.29 is 4.92 Å². The Morgan fingerprint density at radius 1 is 1.61 bits per heavy atom. The van der Waals surface area contributed by atoms with Gasteiger partial charge in [-0.25, -0.2) is 4.98 Å². The Morgan fingerprint density at radius 2 is 2.44 bits per heavy atom. The molecule has 98 valence electrons. The summed E-state index contributed by atoms with van der Waals surface area (Å²) in [4.78, 5) is 14.0. The summed E-state index contributed by atoms with van der Waals surface area (Å²) in [5.41, 5.74) is -0.0897. The van der Waals surface area contributed by atoms with Crippen LogP contribution in [-0.2, 0) is 0 Å². The van der Waals surface area contributed by atoms with Crippen LogP contribution in [0.5, 0.6) is 0 Å². The molecule has 1 N–H and O–H groups in total. The van der Waals surface area contributed by atoms with E-state index in [0.717, 1.165) is 12.3 Å².